The summed E-state index contributed by atoms with van der Waals surface area (Å²) in [6.45, 7) is 5.95. The highest BCUT2D eigenvalue weighted by Gasteiger charge is 2.66. The van der Waals surface area contributed by atoms with Crippen molar-refractivity contribution in [3.05, 3.63) is 0 Å². The van der Waals surface area contributed by atoms with E-state index in [-0.39, 0.29) is 11.8 Å². The lowest BCUT2D eigenvalue weighted by molar-refractivity contribution is -0.143. The zero-order chi connectivity index (χ0) is 11.9. The van der Waals surface area contributed by atoms with Crippen LogP contribution in [0, 0.1) is 17.3 Å². The van der Waals surface area contributed by atoms with Crippen LogP contribution in [0.5, 0.6) is 0 Å². The van der Waals surface area contributed by atoms with Gasteiger partial charge in [0.15, 0.2) is 0 Å². The zero-order valence-electron chi connectivity index (χ0n) is 9.60. The number of nitrogens with zero attached hydrogens (tertiary/aromatic N) is 1. The van der Waals surface area contributed by atoms with Gasteiger partial charge in [0.05, 0.1) is 25.0 Å². The molecule has 1 aliphatic heterocycles. The number of carbonyl (C=O) groups excluding carboxylic acids is 1. The van der Waals surface area contributed by atoms with Crippen molar-refractivity contribution >= 4 is 11.9 Å². The molecule has 1 amide bonds. The molecule has 0 aromatic heterocycles. The normalized spacial score (nSPS) is 32.2. The number of aliphatic carboxylic acids is 1. The molecule has 2 fully saturated rings. The number of ether oxygens (including phenoxy) is 1. The summed E-state index contributed by atoms with van der Waals surface area (Å²) in [6, 6.07) is 0. The summed E-state index contributed by atoms with van der Waals surface area (Å²) in [5, 5.41) is 9.01. The summed E-state index contributed by atoms with van der Waals surface area (Å²) in [4.78, 5) is 24.8. The van der Waals surface area contributed by atoms with Gasteiger partial charge in [-0.1, -0.05) is 13.8 Å². The Labute approximate surface area is 94.4 Å². The summed E-state index contributed by atoms with van der Waals surface area (Å²) in [6.07, 6.45) is 0. The van der Waals surface area contributed by atoms with Crippen molar-refractivity contribution in [2.24, 2.45) is 17.3 Å². The first-order valence-corrected chi connectivity index (χ1v) is 5.55. The lowest BCUT2D eigenvalue weighted by Gasteiger charge is -2.27. The highest BCUT2D eigenvalue weighted by atomic mass is 16.5. The van der Waals surface area contributed by atoms with E-state index in [1.807, 2.05) is 13.8 Å². The first kappa shape index (κ1) is 11.4. The second kappa shape index (κ2) is 3.73. The SMILES string of the molecule is CC1(C)C(C(=O)O)C1C(=O)N1CCOCC1. The molecule has 0 aromatic rings. The number of morpholine rings is 1. The molecular weight excluding hydrogens is 210 g/mol. The van der Waals surface area contributed by atoms with Crippen LogP contribution < -0.4 is 0 Å². The molecule has 1 saturated carbocycles. The molecule has 5 nitrogen and oxygen atoms in total. The van der Waals surface area contributed by atoms with Crippen molar-refractivity contribution in [1.29, 1.82) is 0 Å². The lowest BCUT2D eigenvalue weighted by atomic mass is 10.1. The minimum atomic E-state index is -0.864. The Balaban J connectivity index is 2.03. The van der Waals surface area contributed by atoms with Crippen LogP contribution in [0.25, 0.3) is 0 Å². The topological polar surface area (TPSA) is 66.8 Å². The predicted molar refractivity (Wildman–Crippen MR) is 55.8 cm³/mol. The van der Waals surface area contributed by atoms with E-state index in [2.05, 4.69) is 0 Å². The Morgan fingerprint density at radius 3 is 2.25 bits per heavy atom. The molecular formula is C11H17NO4. The van der Waals surface area contributed by atoms with Crippen LogP contribution in [-0.2, 0) is 14.3 Å². The highest BCUT2D eigenvalue weighted by Crippen LogP contribution is 2.59. The third kappa shape index (κ3) is 1.69. The zero-order valence-corrected chi connectivity index (χ0v) is 9.60. The summed E-state index contributed by atoms with van der Waals surface area (Å²) in [7, 11) is 0. The summed E-state index contributed by atoms with van der Waals surface area (Å²) in [5.41, 5.74) is -0.402. The van der Waals surface area contributed by atoms with E-state index < -0.39 is 17.3 Å². The van der Waals surface area contributed by atoms with E-state index >= 15 is 0 Å². The monoisotopic (exact) mass is 227 g/mol. The van der Waals surface area contributed by atoms with E-state index in [1.165, 1.54) is 0 Å². The van der Waals surface area contributed by atoms with Crippen LogP contribution in [0.2, 0.25) is 0 Å². The maximum absolute atomic E-state index is 12.1. The first-order valence-electron chi connectivity index (χ1n) is 5.55. The van der Waals surface area contributed by atoms with Gasteiger partial charge in [-0.2, -0.15) is 0 Å². The van der Waals surface area contributed by atoms with Crippen molar-refractivity contribution in [2.75, 3.05) is 26.3 Å². The van der Waals surface area contributed by atoms with Gasteiger partial charge < -0.3 is 14.7 Å². The van der Waals surface area contributed by atoms with E-state index in [1.54, 1.807) is 4.90 Å². The molecule has 2 unspecified atom stereocenters. The molecule has 0 radical (unpaired) electrons. The highest BCUT2D eigenvalue weighted by molar-refractivity contribution is 5.91. The average Bonchev–Trinajstić information content (AvgIpc) is 2.82. The Kier molecular flexibility index (Phi) is 2.66. The molecule has 2 rings (SSSR count). The third-order valence-corrected chi connectivity index (χ3v) is 3.68. The molecule has 1 saturated heterocycles. The summed E-state index contributed by atoms with van der Waals surface area (Å²) < 4.78 is 5.17. The number of rotatable bonds is 2. The molecule has 5 heteroatoms. The fourth-order valence-electron chi connectivity index (χ4n) is 2.54. The van der Waals surface area contributed by atoms with E-state index in [4.69, 9.17) is 9.84 Å². The molecule has 90 valence electrons. The minimum Gasteiger partial charge on any atom is -0.481 e. The van der Waals surface area contributed by atoms with Crippen molar-refractivity contribution in [3.8, 4) is 0 Å². The molecule has 2 atom stereocenters. The van der Waals surface area contributed by atoms with Gasteiger partial charge >= 0.3 is 5.97 Å². The van der Waals surface area contributed by atoms with Crippen molar-refractivity contribution in [1.82, 2.24) is 4.90 Å². The Bertz CT molecular complexity index is 320. The fourth-order valence-corrected chi connectivity index (χ4v) is 2.54. The molecule has 16 heavy (non-hydrogen) atoms. The summed E-state index contributed by atoms with van der Waals surface area (Å²) in [5.74, 6) is -1.77. The van der Waals surface area contributed by atoms with Crippen molar-refractivity contribution < 1.29 is 19.4 Å². The number of carbonyl (C=O) groups is 2. The van der Waals surface area contributed by atoms with Crippen LogP contribution in [0.1, 0.15) is 13.8 Å². The maximum atomic E-state index is 12.1. The van der Waals surface area contributed by atoms with Gasteiger partial charge in [0.2, 0.25) is 5.91 Å². The molecule has 0 aromatic carbocycles. The van der Waals surface area contributed by atoms with Gasteiger partial charge in [0.25, 0.3) is 0 Å². The van der Waals surface area contributed by atoms with Gasteiger partial charge in [-0.05, 0) is 5.41 Å². The number of amides is 1. The molecule has 1 N–H and O–H groups in total. The summed E-state index contributed by atoms with van der Waals surface area (Å²) >= 11 is 0. The number of hydrogen-bond donors (Lipinski definition) is 1. The second-order valence-corrected chi connectivity index (χ2v) is 5.05. The molecule has 1 heterocycles. The Hall–Kier alpha value is -1.10. The fraction of sp³-hybridized carbons (Fsp3) is 0.818. The van der Waals surface area contributed by atoms with E-state index in [0.717, 1.165) is 0 Å². The quantitative estimate of drug-likeness (QED) is 0.732. The van der Waals surface area contributed by atoms with Gasteiger partial charge in [-0.15, -0.1) is 0 Å². The molecule has 2 aliphatic rings. The van der Waals surface area contributed by atoms with Gasteiger partial charge in [-0.25, -0.2) is 0 Å². The number of carboxylic acid groups (broad SMARTS) is 1. The van der Waals surface area contributed by atoms with Crippen LogP contribution in [0.3, 0.4) is 0 Å². The van der Waals surface area contributed by atoms with Crippen LogP contribution in [0.4, 0.5) is 0 Å². The van der Waals surface area contributed by atoms with E-state index in [9.17, 15) is 9.59 Å². The third-order valence-electron chi connectivity index (χ3n) is 3.68. The van der Waals surface area contributed by atoms with Crippen LogP contribution >= 0.6 is 0 Å². The van der Waals surface area contributed by atoms with Gasteiger partial charge in [-0.3, -0.25) is 9.59 Å². The number of carboxylic acids is 1. The van der Waals surface area contributed by atoms with Crippen molar-refractivity contribution in [2.45, 2.75) is 13.8 Å². The van der Waals surface area contributed by atoms with Gasteiger partial charge in [0, 0.05) is 13.1 Å². The Morgan fingerprint density at radius 1 is 1.25 bits per heavy atom. The van der Waals surface area contributed by atoms with Crippen molar-refractivity contribution in [3.63, 3.8) is 0 Å². The minimum absolute atomic E-state index is 0.0271. The average molecular weight is 227 g/mol. The molecule has 0 bridgehead atoms. The standard InChI is InChI=1S/C11H17NO4/c1-11(2)7(8(11)10(14)15)9(13)12-3-5-16-6-4-12/h7-8H,3-6H2,1-2H3,(H,14,15). The molecule has 0 spiro atoms. The molecule has 1 aliphatic carbocycles. The van der Waals surface area contributed by atoms with E-state index in [0.29, 0.717) is 26.3 Å². The predicted octanol–water partition coefficient (Wildman–Crippen LogP) is 0.202. The maximum Gasteiger partial charge on any atom is 0.307 e. The first-order chi connectivity index (χ1) is 7.46. The van der Waals surface area contributed by atoms with Gasteiger partial charge in [0.1, 0.15) is 0 Å². The number of hydrogen-bond acceptors (Lipinski definition) is 3. The second-order valence-electron chi connectivity index (χ2n) is 5.05. The smallest absolute Gasteiger partial charge is 0.307 e. The lowest BCUT2D eigenvalue weighted by Crippen LogP contribution is -2.42. The van der Waals surface area contributed by atoms with Crippen LogP contribution in [-0.4, -0.2) is 48.2 Å². The Morgan fingerprint density at radius 2 is 1.81 bits per heavy atom. The van der Waals surface area contributed by atoms with Crippen LogP contribution in [0.15, 0.2) is 0 Å². The largest absolute Gasteiger partial charge is 0.481 e.